The summed E-state index contributed by atoms with van der Waals surface area (Å²) in [7, 11) is -9.37. The number of phosphoric ester groups is 1. The highest BCUT2D eigenvalue weighted by molar-refractivity contribution is 7.46. The van der Waals surface area contributed by atoms with E-state index in [-0.39, 0.29) is 0 Å². The molecule has 0 bridgehead atoms. The molecule has 0 unspecified atom stereocenters. The van der Waals surface area contributed by atoms with Crippen molar-refractivity contribution in [1.29, 1.82) is 0 Å². The van der Waals surface area contributed by atoms with Crippen LogP contribution in [-0.2, 0) is 18.4 Å². The summed E-state index contributed by atoms with van der Waals surface area (Å²) in [5, 5.41) is 27.2. The molecule has 14 heteroatoms. The van der Waals surface area contributed by atoms with Gasteiger partial charge in [-0.25, -0.2) is 9.13 Å². The van der Waals surface area contributed by atoms with E-state index in [0.717, 1.165) is 0 Å². The van der Waals surface area contributed by atoms with Gasteiger partial charge in [-0.15, -0.1) is 0 Å². The van der Waals surface area contributed by atoms with Crippen molar-refractivity contribution in [2.24, 2.45) is 0 Å². The molecule has 0 saturated heterocycles. The van der Waals surface area contributed by atoms with Crippen molar-refractivity contribution in [3.8, 4) is 0 Å². The van der Waals surface area contributed by atoms with E-state index < -0.39 is 47.0 Å². The van der Waals surface area contributed by atoms with Gasteiger partial charge in [0.1, 0.15) is 18.5 Å². The normalized spacial score (nSPS) is 16.6. The van der Waals surface area contributed by atoms with Crippen LogP contribution in [0.5, 0.6) is 0 Å². The van der Waals surface area contributed by atoms with Crippen molar-refractivity contribution in [3.63, 3.8) is 0 Å². The minimum absolute atomic E-state index is 0.338. The van der Waals surface area contributed by atoms with Crippen LogP contribution in [0, 0.1) is 0 Å². The fourth-order valence-electron chi connectivity index (χ4n) is 0.766. The highest BCUT2D eigenvalue weighted by Gasteiger charge is 2.27. The fourth-order valence-corrected chi connectivity index (χ4v) is 1.11. The van der Waals surface area contributed by atoms with Crippen molar-refractivity contribution in [2.75, 3.05) is 6.61 Å². The summed E-state index contributed by atoms with van der Waals surface area (Å²) in [4.78, 5) is 48.0. The van der Waals surface area contributed by atoms with E-state index in [0.29, 0.717) is 6.29 Å². The maximum Gasteiger partial charge on any atom is 0.469 e. The number of aliphatic hydroxyl groups is 3. The van der Waals surface area contributed by atoms with E-state index >= 15 is 0 Å². The van der Waals surface area contributed by atoms with Gasteiger partial charge in [0.25, 0.3) is 0 Å². The first kappa shape index (κ1) is 22.1. The Balaban J connectivity index is 0. The highest BCUT2D eigenvalue weighted by atomic mass is 31.2. The molecule has 12 nitrogen and oxygen atoms in total. The quantitative estimate of drug-likeness (QED) is 0.169. The Morgan fingerprint density at radius 3 is 1.65 bits per heavy atom. The molecular weight excluding hydrogens is 326 g/mol. The summed E-state index contributed by atoms with van der Waals surface area (Å²) < 4.78 is 23.0. The van der Waals surface area contributed by atoms with Crippen LogP contribution in [0.25, 0.3) is 0 Å². The third kappa shape index (κ3) is 17.8. The topological polar surface area (TPSA) is 222 Å². The van der Waals surface area contributed by atoms with Crippen molar-refractivity contribution >= 4 is 21.9 Å². The Bertz CT molecular complexity index is 351. The monoisotopic (exact) mass is 342 g/mol. The summed E-state index contributed by atoms with van der Waals surface area (Å²) in [6.07, 6.45) is -4.95. The molecule has 0 aromatic heterocycles. The van der Waals surface area contributed by atoms with Gasteiger partial charge in [0.15, 0.2) is 0 Å². The summed E-state index contributed by atoms with van der Waals surface area (Å²) in [6.45, 7) is -0.846. The summed E-state index contributed by atoms with van der Waals surface area (Å²) in [6, 6.07) is 0. The molecule has 0 saturated carbocycles. The SMILES string of the molecule is O=CC[C@@H](O)[C@H](O)[C@H](O)COP(=O)(O)O.O=P(O)(O)O. The smallest absolute Gasteiger partial charge is 0.390 e. The first-order valence-corrected chi connectivity index (χ1v) is 7.83. The standard InChI is InChI=1S/C6H13O8P.H3O4P/c7-2-1-4(8)6(10)5(9)3-14-15(11,12)13;1-5(2,3)4/h2,4-6,8-10H,1,3H2,(H2,11,12,13);(H3,1,2,3,4)/t4-,5-,6+;/m1./s1. The van der Waals surface area contributed by atoms with Gasteiger partial charge >= 0.3 is 15.6 Å². The molecule has 0 spiro atoms. The second-order valence-corrected chi connectivity index (χ2v) is 5.59. The minimum Gasteiger partial charge on any atom is -0.390 e. The highest BCUT2D eigenvalue weighted by Crippen LogP contribution is 2.35. The largest absolute Gasteiger partial charge is 0.469 e. The Morgan fingerprint density at radius 2 is 1.35 bits per heavy atom. The third-order valence-corrected chi connectivity index (χ3v) is 2.03. The average Bonchev–Trinajstić information content (AvgIpc) is 2.21. The van der Waals surface area contributed by atoms with Crippen LogP contribution >= 0.6 is 15.6 Å². The first-order chi connectivity index (χ1) is 8.78. The van der Waals surface area contributed by atoms with Crippen LogP contribution in [-0.4, -0.2) is 71.0 Å². The summed E-state index contributed by atoms with van der Waals surface area (Å²) >= 11 is 0. The lowest BCUT2D eigenvalue weighted by Crippen LogP contribution is -2.40. The maximum atomic E-state index is 10.2. The van der Waals surface area contributed by atoms with Gasteiger partial charge < -0.3 is 44.6 Å². The average molecular weight is 342 g/mol. The van der Waals surface area contributed by atoms with Gasteiger partial charge in [-0.1, -0.05) is 0 Å². The van der Waals surface area contributed by atoms with Crippen molar-refractivity contribution in [3.05, 3.63) is 0 Å². The van der Waals surface area contributed by atoms with E-state index in [1.807, 2.05) is 0 Å². The molecule has 0 heterocycles. The lowest BCUT2D eigenvalue weighted by atomic mass is 10.1. The third-order valence-electron chi connectivity index (χ3n) is 1.54. The molecular formula is C6H16O12P2. The van der Waals surface area contributed by atoms with Crippen LogP contribution in [0.3, 0.4) is 0 Å². The number of carbonyl (C=O) groups is 1. The predicted molar refractivity (Wildman–Crippen MR) is 61.0 cm³/mol. The van der Waals surface area contributed by atoms with Crippen LogP contribution in [0.15, 0.2) is 0 Å². The molecule has 0 aliphatic rings. The second-order valence-electron chi connectivity index (χ2n) is 3.33. The lowest BCUT2D eigenvalue weighted by Gasteiger charge is -2.21. The molecule has 20 heavy (non-hydrogen) atoms. The van der Waals surface area contributed by atoms with E-state index in [9.17, 15) is 9.36 Å². The van der Waals surface area contributed by atoms with Crippen molar-refractivity contribution in [1.82, 2.24) is 0 Å². The Morgan fingerprint density at radius 1 is 0.950 bits per heavy atom. The molecule has 0 aromatic carbocycles. The molecule has 0 aromatic rings. The van der Waals surface area contributed by atoms with Gasteiger partial charge in [0.05, 0.1) is 12.7 Å². The molecule has 0 fully saturated rings. The molecule has 0 aliphatic heterocycles. The molecule has 0 radical (unpaired) electrons. The van der Waals surface area contributed by atoms with Gasteiger partial charge in [-0.2, -0.15) is 0 Å². The molecule has 0 amide bonds. The van der Waals surface area contributed by atoms with Crippen LogP contribution in [0.2, 0.25) is 0 Å². The number of hydrogen-bond donors (Lipinski definition) is 8. The van der Waals surface area contributed by atoms with Crippen molar-refractivity contribution < 1.29 is 58.2 Å². The summed E-state index contributed by atoms with van der Waals surface area (Å²) in [5.41, 5.74) is 0. The number of aldehydes is 1. The summed E-state index contributed by atoms with van der Waals surface area (Å²) in [5.74, 6) is 0. The number of aliphatic hydroxyl groups excluding tert-OH is 3. The Labute approximate surface area is 112 Å². The van der Waals surface area contributed by atoms with E-state index in [2.05, 4.69) is 4.52 Å². The second kappa shape index (κ2) is 9.66. The number of rotatable bonds is 7. The minimum atomic E-state index is -4.73. The molecule has 0 aliphatic carbocycles. The van der Waals surface area contributed by atoms with Crippen molar-refractivity contribution in [2.45, 2.75) is 24.7 Å². The van der Waals surface area contributed by atoms with Gasteiger partial charge in [-0.3, -0.25) is 4.52 Å². The molecule has 0 rings (SSSR count). The van der Waals surface area contributed by atoms with Crippen LogP contribution in [0.1, 0.15) is 6.42 Å². The maximum absolute atomic E-state index is 10.2. The van der Waals surface area contributed by atoms with Crippen LogP contribution in [0.4, 0.5) is 0 Å². The Kier molecular flexibility index (Phi) is 10.7. The lowest BCUT2D eigenvalue weighted by molar-refractivity contribution is -0.115. The number of hydrogen-bond acceptors (Lipinski definition) is 7. The number of carbonyl (C=O) groups excluding carboxylic acids is 1. The van der Waals surface area contributed by atoms with Gasteiger partial charge in [0, 0.05) is 6.42 Å². The van der Waals surface area contributed by atoms with E-state index in [4.69, 9.17) is 44.4 Å². The zero-order chi connectivity index (χ0) is 16.6. The molecule has 122 valence electrons. The fraction of sp³-hybridized carbons (Fsp3) is 0.833. The van der Waals surface area contributed by atoms with Gasteiger partial charge in [-0.05, 0) is 0 Å². The van der Waals surface area contributed by atoms with E-state index in [1.54, 1.807) is 0 Å². The first-order valence-electron chi connectivity index (χ1n) is 4.74. The molecule has 3 atom stereocenters. The zero-order valence-electron chi connectivity index (χ0n) is 9.83. The van der Waals surface area contributed by atoms with E-state index in [1.165, 1.54) is 0 Å². The zero-order valence-corrected chi connectivity index (χ0v) is 11.6. The predicted octanol–water partition coefficient (Wildman–Crippen LogP) is -3.16. The molecule has 8 N–H and O–H groups in total. The van der Waals surface area contributed by atoms with Crippen LogP contribution < -0.4 is 0 Å². The number of phosphoric acid groups is 2. The Hall–Kier alpha value is -0.230. The van der Waals surface area contributed by atoms with Gasteiger partial charge in [0.2, 0.25) is 0 Å².